The molecule has 0 spiro atoms. The SMILES string of the molecule is O=C[C@@H](O)C[C@@H](O)[C@H](O)[C@H](O)CO. The van der Waals surface area contributed by atoms with Crippen LogP contribution in [0, 0.1) is 0 Å². The average molecular weight is 194 g/mol. The molecule has 0 fully saturated rings. The molecule has 0 aliphatic rings. The van der Waals surface area contributed by atoms with Crippen molar-refractivity contribution in [2.45, 2.75) is 30.8 Å². The lowest BCUT2D eigenvalue weighted by molar-refractivity contribution is -0.120. The van der Waals surface area contributed by atoms with Crippen LogP contribution in [0.1, 0.15) is 6.42 Å². The van der Waals surface area contributed by atoms with Gasteiger partial charge in [0.2, 0.25) is 0 Å². The summed E-state index contributed by atoms with van der Waals surface area (Å²) in [6.07, 6.45) is -6.03. The van der Waals surface area contributed by atoms with Gasteiger partial charge in [0.15, 0.2) is 0 Å². The second-order valence-electron chi connectivity index (χ2n) is 2.75. The molecular weight excluding hydrogens is 180 g/mol. The van der Waals surface area contributed by atoms with Crippen molar-refractivity contribution in [2.75, 3.05) is 6.61 Å². The molecule has 4 atom stereocenters. The molecule has 13 heavy (non-hydrogen) atoms. The van der Waals surface area contributed by atoms with E-state index in [-0.39, 0.29) is 12.7 Å². The topological polar surface area (TPSA) is 118 Å². The number of carbonyl (C=O) groups is 1. The van der Waals surface area contributed by atoms with Crippen molar-refractivity contribution in [3.63, 3.8) is 0 Å². The molecule has 6 heteroatoms. The predicted molar refractivity (Wildman–Crippen MR) is 41.8 cm³/mol. The van der Waals surface area contributed by atoms with Crippen LogP contribution in [0.4, 0.5) is 0 Å². The zero-order valence-corrected chi connectivity index (χ0v) is 6.95. The highest BCUT2D eigenvalue weighted by molar-refractivity contribution is 5.55. The molecule has 0 unspecified atom stereocenters. The third-order valence-corrected chi connectivity index (χ3v) is 1.62. The van der Waals surface area contributed by atoms with E-state index in [1.54, 1.807) is 0 Å². The van der Waals surface area contributed by atoms with E-state index in [9.17, 15) is 4.79 Å². The summed E-state index contributed by atoms with van der Waals surface area (Å²) in [7, 11) is 0. The van der Waals surface area contributed by atoms with Crippen LogP contribution in [-0.4, -0.2) is 62.8 Å². The molecular formula is C7H14O6. The minimum absolute atomic E-state index is 0.210. The van der Waals surface area contributed by atoms with E-state index in [0.717, 1.165) is 0 Å². The van der Waals surface area contributed by atoms with Crippen molar-refractivity contribution >= 4 is 6.29 Å². The first-order valence-electron chi connectivity index (χ1n) is 3.81. The van der Waals surface area contributed by atoms with Crippen LogP contribution in [0.3, 0.4) is 0 Å². The van der Waals surface area contributed by atoms with E-state index in [2.05, 4.69) is 0 Å². The molecule has 78 valence electrons. The molecule has 0 aliphatic heterocycles. The molecule has 5 N–H and O–H groups in total. The number of hydrogen-bond donors (Lipinski definition) is 5. The van der Waals surface area contributed by atoms with Crippen molar-refractivity contribution in [3.8, 4) is 0 Å². The van der Waals surface area contributed by atoms with Gasteiger partial charge in [0.1, 0.15) is 24.6 Å². The lowest BCUT2D eigenvalue weighted by Crippen LogP contribution is -2.41. The van der Waals surface area contributed by atoms with Crippen LogP contribution in [0.5, 0.6) is 0 Å². The maximum atomic E-state index is 9.95. The van der Waals surface area contributed by atoms with Gasteiger partial charge >= 0.3 is 0 Å². The number of rotatable bonds is 6. The monoisotopic (exact) mass is 194 g/mol. The Morgan fingerprint density at radius 2 is 1.62 bits per heavy atom. The lowest BCUT2D eigenvalue weighted by Gasteiger charge is -2.21. The summed E-state index contributed by atoms with van der Waals surface area (Å²) in [5, 5.41) is 44.1. The van der Waals surface area contributed by atoms with Gasteiger partial charge in [-0.25, -0.2) is 0 Å². The molecule has 0 radical (unpaired) electrons. The summed E-state index contributed by atoms with van der Waals surface area (Å²) in [6.45, 7) is -0.699. The molecule has 0 aromatic heterocycles. The van der Waals surface area contributed by atoms with Crippen LogP contribution in [-0.2, 0) is 4.79 Å². The van der Waals surface area contributed by atoms with Gasteiger partial charge in [-0.2, -0.15) is 0 Å². The van der Waals surface area contributed by atoms with Crippen LogP contribution in [0.25, 0.3) is 0 Å². The molecule has 0 saturated carbocycles. The van der Waals surface area contributed by atoms with Gasteiger partial charge in [-0.05, 0) is 0 Å². The Labute approximate surface area is 75.1 Å². The summed E-state index contributed by atoms with van der Waals surface area (Å²) >= 11 is 0. The zero-order valence-electron chi connectivity index (χ0n) is 6.95. The Morgan fingerprint density at radius 1 is 1.08 bits per heavy atom. The first-order valence-corrected chi connectivity index (χ1v) is 3.81. The average Bonchev–Trinajstić information content (AvgIpc) is 2.14. The maximum absolute atomic E-state index is 9.95. The summed E-state index contributed by atoms with van der Waals surface area (Å²) in [5.41, 5.74) is 0. The first kappa shape index (κ1) is 12.5. The Bertz CT molecular complexity index is 150. The van der Waals surface area contributed by atoms with Crippen LogP contribution < -0.4 is 0 Å². The molecule has 0 amide bonds. The number of hydrogen-bond acceptors (Lipinski definition) is 6. The number of carbonyl (C=O) groups excluding carboxylic acids is 1. The van der Waals surface area contributed by atoms with Gasteiger partial charge < -0.3 is 30.3 Å². The molecule has 0 aromatic rings. The molecule has 0 aliphatic carbocycles. The lowest BCUT2D eigenvalue weighted by atomic mass is 10.0. The van der Waals surface area contributed by atoms with Crippen molar-refractivity contribution < 1.29 is 30.3 Å². The Hall–Kier alpha value is -0.530. The fraction of sp³-hybridized carbons (Fsp3) is 0.857. The summed E-state index contributed by atoms with van der Waals surface area (Å²) in [6, 6.07) is 0. The molecule has 0 rings (SSSR count). The van der Waals surface area contributed by atoms with E-state index in [4.69, 9.17) is 25.5 Å². The van der Waals surface area contributed by atoms with Crippen LogP contribution in [0.2, 0.25) is 0 Å². The predicted octanol–water partition coefficient (Wildman–Crippen LogP) is -2.99. The van der Waals surface area contributed by atoms with Gasteiger partial charge in [-0.15, -0.1) is 0 Å². The second kappa shape index (κ2) is 6.01. The van der Waals surface area contributed by atoms with Crippen molar-refractivity contribution in [3.05, 3.63) is 0 Å². The maximum Gasteiger partial charge on any atom is 0.148 e. The highest BCUT2D eigenvalue weighted by atomic mass is 16.4. The summed E-state index contributed by atoms with van der Waals surface area (Å²) in [5.74, 6) is 0. The minimum Gasteiger partial charge on any atom is -0.394 e. The van der Waals surface area contributed by atoms with Crippen molar-refractivity contribution in [2.24, 2.45) is 0 Å². The first-order chi connectivity index (χ1) is 6.02. The Kier molecular flexibility index (Phi) is 5.76. The van der Waals surface area contributed by atoms with Gasteiger partial charge in [0.25, 0.3) is 0 Å². The molecule has 0 bridgehead atoms. The van der Waals surface area contributed by atoms with Crippen molar-refractivity contribution in [1.82, 2.24) is 0 Å². The number of aliphatic hydroxyl groups is 5. The highest BCUT2D eigenvalue weighted by Crippen LogP contribution is 2.05. The Balaban J connectivity index is 3.94. The molecule has 0 heterocycles. The molecule has 0 saturated heterocycles. The summed E-state index contributed by atoms with van der Waals surface area (Å²) in [4.78, 5) is 9.95. The fourth-order valence-electron chi connectivity index (χ4n) is 0.807. The smallest absolute Gasteiger partial charge is 0.148 e. The van der Waals surface area contributed by atoms with Gasteiger partial charge in [0.05, 0.1) is 12.7 Å². The van der Waals surface area contributed by atoms with E-state index < -0.39 is 31.0 Å². The third-order valence-electron chi connectivity index (χ3n) is 1.62. The molecule has 0 aromatic carbocycles. The van der Waals surface area contributed by atoms with Gasteiger partial charge in [0, 0.05) is 6.42 Å². The van der Waals surface area contributed by atoms with E-state index in [0.29, 0.717) is 0 Å². The highest BCUT2D eigenvalue weighted by Gasteiger charge is 2.25. The second-order valence-corrected chi connectivity index (χ2v) is 2.75. The third kappa shape index (κ3) is 4.30. The minimum atomic E-state index is -1.57. The largest absolute Gasteiger partial charge is 0.394 e. The van der Waals surface area contributed by atoms with E-state index in [1.165, 1.54) is 0 Å². The summed E-state index contributed by atoms with van der Waals surface area (Å²) < 4.78 is 0. The van der Waals surface area contributed by atoms with Gasteiger partial charge in [-0.1, -0.05) is 0 Å². The van der Waals surface area contributed by atoms with E-state index >= 15 is 0 Å². The standard InChI is InChI=1S/C7H14O6/c8-2-4(10)1-5(11)7(13)6(12)3-9/h2,4-7,9-13H,1,3H2/t4-,5+,6+,7-/m0/s1. The zero-order chi connectivity index (χ0) is 10.4. The number of aldehydes is 1. The van der Waals surface area contributed by atoms with E-state index in [1.807, 2.05) is 0 Å². The number of aliphatic hydroxyl groups excluding tert-OH is 5. The van der Waals surface area contributed by atoms with Crippen molar-refractivity contribution in [1.29, 1.82) is 0 Å². The van der Waals surface area contributed by atoms with Crippen LogP contribution >= 0.6 is 0 Å². The molecule has 6 nitrogen and oxygen atoms in total. The Morgan fingerprint density at radius 3 is 2.00 bits per heavy atom. The van der Waals surface area contributed by atoms with Crippen LogP contribution in [0.15, 0.2) is 0 Å². The normalized spacial score (nSPS) is 20.4. The van der Waals surface area contributed by atoms with Gasteiger partial charge in [-0.3, -0.25) is 0 Å². The quantitative estimate of drug-likeness (QED) is 0.288. The fourth-order valence-corrected chi connectivity index (χ4v) is 0.807.